The van der Waals surface area contributed by atoms with Gasteiger partial charge in [0.1, 0.15) is 0 Å². The molecule has 0 fully saturated rings. The largest absolute Gasteiger partial charge is 0.358 e. The van der Waals surface area contributed by atoms with Crippen LogP contribution in [0.5, 0.6) is 0 Å². The Balaban J connectivity index is 1.64. The molecule has 0 aliphatic heterocycles. The Morgan fingerprint density at radius 1 is 1.00 bits per heavy atom. The summed E-state index contributed by atoms with van der Waals surface area (Å²) in [4.78, 5) is 27.4. The van der Waals surface area contributed by atoms with Gasteiger partial charge in [0.25, 0.3) is 11.8 Å². The molecule has 3 N–H and O–H groups in total. The first-order valence-corrected chi connectivity index (χ1v) is 8.67. The van der Waals surface area contributed by atoms with E-state index in [9.17, 15) is 9.59 Å². The van der Waals surface area contributed by atoms with Gasteiger partial charge in [0.2, 0.25) is 0 Å². The molecule has 1 aromatic heterocycles. The predicted molar refractivity (Wildman–Crippen MR) is 104 cm³/mol. The Labute approximate surface area is 152 Å². The van der Waals surface area contributed by atoms with Crippen molar-refractivity contribution >= 4 is 22.7 Å². The van der Waals surface area contributed by atoms with E-state index >= 15 is 0 Å². The molecule has 0 atom stereocenters. The number of benzene rings is 2. The van der Waals surface area contributed by atoms with Crippen LogP contribution < -0.4 is 10.6 Å². The standard InChI is InChI=1S/C21H23N3O2/c1-13-14(2)24-19-8-7-17(12-18(13)19)21(26)23-10-9-15-5-4-6-16(11-15)20(25)22-3/h4-8,11-12,24H,9-10H2,1-3H3,(H,22,25)(H,23,26). The van der Waals surface area contributed by atoms with E-state index in [2.05, 4.69) is 22.5 Å². The van der Waals surface area contributed by atoms with Crippen LogP contribution >= 0.6 is 0 Å². The van der Waals surface area contributed by atoms with Gasteiger partial charge in [-0.3, -0.25) is 9.59 Å². The molecule has 2 amide bonds. The van der Waals surface area contributed by atoms with Crippen LogP contribution in [-0.2, 0) is 6.42 Å². The number of H-pyrrole nitrogens is 1. The third-order valence-corrected chi connectivity index (χ3v) is 4.69. The Morgan fingerprint density at radius 3 is 2.54 bits per heavy atom. The van der Waals surface area contributed by atoms with E-state index in [1.165, 1.54) is 5.56 Å². The first-order valence-electron chi connectivity index (χ1n) is 8.67. The van der Waals surface area contributed by atoms with Gasteiger partial charge < -0.3 is 15.6 Å². The highest BCUT2D eigenvalue weighted by atomic mass is 16.2. The molecule has 1 heterocycles. The van der Waals surface area contributed by atoms with Crippen LogP contribution in [0.3, 0.4) is 0 Å². The molecular formula is C21H23N3O2. The van der Waals surface area contributed by atoms with E-state index in [0.717, 1.165) is 22.2 Å². The van der Waals surface area contributed by atoms with Gasteiger partial charge in [0.05, 0.1) is 0 Å². The number of carbonyl (C=O) groups excluding carboxylic acids is 2. The van der Waals surface area contributed by atoms with E-state index in [4.69, 9.17) is 0 Å². The van der Waals surface area contributed by atoms with E-state index in [1.54, 1.807) is 13.1 Å². The average molecular weight is 349 g/mol. The van der Waals surface area contributed by atoms with Crippen molar-refractivity contribution in [3.8, 4) is 0 Å². The van der Waals surface area contributed by atoms with Crippen LogP contribution in [0.4, 0.5) is 0 Å². The molecule has 2 aromatic carbocycles. The van der Waals surface area contributed by atoms with E-state index in [1.807, 2.05) is 43.3 Å². The van der Waals surface area contributed by atoms with Crippen LogP contribution in [0, 0.1) is 13.8 Å². The molecule has 26 heavy (non-hydrogen) atoms. The molecule has 0 spiro atoms. The second kappa shape index (κ2) is 7.44. The number of hydrogen-bond donors (Lipinski definition) is 3. The number of aromatic amines is 1. The lowest BCUT2D eigenvalue weighted by atomic mass is 10.1. The van der Waals surface area contributed by atoms with Gasteiger partial charge in [-0.25, -0.2) is 0 Å². The number of aryl methyl sites for hydroxylation is 2. The highest BCUT2D eigenvalue weighted by Crippen LogP contribution is 2.22. The quantitative estimate of drug-likeness (QED) is 0.662. The summed E-state index contributed by atoms with van der Waals surface area (Å²) in [5.74, 6) is -0.200. The second-order valence-corrected chi connectivity index (χ2v) is 6.42. The van der Waals surface area contributed by atoms with Gasteiger partial charge in [0, 0.05) is 41.3 Å². The third-order valence-electron chi connectivity index (χ3n) is 4.69. The smallest absolute Gasteiger partial charge is 0.251 e. The summed E-state index contributed by atoms with van der Waals surface area (Å²) < 4.78 is 0. The predicted octanol–water partition coefficient (Wildman–Crippen LogP) is 3.12. The molecule has 3 rings (SSSR count). The topological polar surface area (TPSA) is 74.0 Å². The maximum atomic E-state index is 12.4. The molecule has 0 saturated carbocycles. The van der Waals surface area contributed by atoms with Crippen molar-refractivity contribution in [2.75, 3.05) is 13.6 Å². The molecule has 0 aliphatic carbocycles. The van der Waals surface area contributed by atoms with E-state index < -0.39 is 0 Å². The molecule has 134 valence electrons. The lowest BCUT2D eigenvalue weighted by molar-refractivity contribution is 0.0948. The fourth-order valence-corrected chi connectivity index (χ4v) is 3.04. The van der Waals surface area contributed by atoms with Crippen molar-refractivity contribution in [2.45, 2.75) is 20.3 Å². The van der Waals surface area contributed by atoms with Crippen molar-refractivity contribution in [1.29, 1.82) is 0 Å². The van der Waals surface area contributed by atoms with Crippen LogP contribution in [0.2, 0.25) is 0 Å². The lowest BCUT2D eigenvalue weighted by Gasteiger charge is -2.07. The highest BCUT2D eigenvalue weighted by molar-refractivity contribution is 5.99. The summed E-state index contributed by atoms with van der Waals surface area (Å²) in [7, 11) is 1.61. The van der Waals surface area contributed by atoms with E-state index in [-0.39, 0.29) is 11.8 Å². The highest BCUT2D eigenvalue weighted by Gasteiger charge is 2.10. The minimum Gasteiger partial charge on any atom is -0.358 e. The monoisotopic (exact) mass is 349 g/mol. The summed E-state index contributed by atoms with van der Waals surface area (Å²) >= 11 is 0. The van der Waals surface area contributed by atoms with Crippen LogP contribution in [0.1, 0.15) is 37.5 Å². The van der Waals surface area contributed by atoms with Gasteiger partial charge in [-0.1, -0.05) is 12.1 Å². The molecule has 5 heteroatoms. The van der Waals surface area contributed by atoms with Gasteiger partial charge in [-0.15, -0.1) is 0 Å². The Bertz CT molecular complexity index is 973. The molecular weight excluding hydrogens is 326 g/mol. The number of nitrogens with one attached hydrogen (secondary N) is 3. The van der Waals surface area contributed by atoms with Gasteiger partial charge in [-0.05, 0) is 61.7 Å². The van der Waals surface area contributed by atoms with Crippen LogP contribution in [-0.4, -0.2) is 30.4 Å². The number of hydrogen-bond acceptors (Lipinski definition) is 2. The fraction of sp³-hybridized carbons (Fsp3) is 0.238. The number of rotatable bonds is 5. The second-order valence-electron chi connectivity index (χ2n) is 6.42. The molecule has 0 aliphatic rings. The summed E-state index contributed by atoms with van der Waals surface area (Å²) in [5, 5.41) is 6.64. The van der Waals surface area contributed by atoms with Gasteiger partial charge in [0.15, 0.2) is 0 Å². The summed E-state index contributed by atoms with van der Waals surface area (Å²) in [5.41, 5.74) is 5.62. The Hall–Kier alpha value is -3.08. The van der Waals surface area contributed by atoms with Gasteiger partial charge in [-0.2, -0.15) is 0 Å². The minimum atomic E-state index is -0.110. The van der Waals surface area contributed by atoms with Crippen molar-refractivity contribution in [2.24, 2.45) is 0 Å². The number of carbonyl (C=O) groups is 2. The lowest BCUT2D eigenvalue weighted by Crippen LogP contribution is -2.25. The van der Waals surface area contributed by atoms with Crippen molar-refractivity contribution < 1.29 is 9.59 Å². The van der Waals surface area contributed by atoms with Crippen molar-refractivity contribution in [3.05, 3.63) is 70.4 Å². The maximum absolute atomic E-state index is 12.4. The SMILES string of the molecule is CNC(=O)c1cccc(CCNC(=O)c2ccc3[nH]c(C)c(C)c3c2)c1. The Morgan fingerprint density at radius 2 is 1.77 bits per heavy atom. The first kappa shape index (κ1) is 17.7. The number of fused-ring (bicyclic) bond motifs is 1. The van der Waals surface area contributed by atoms with Crippen molar-refractivity contribution in [1.82, 2.24) is 15.6 Å². The molecule has 5 nitrogen and oxygen atoms in total. The van der Waals surface area contributed by atoms with Crippen molar-refractivity contribution in [3.63, 3.8) is 0 Å². The minimum absolute atomic E-state index is 0.0902. The van der Waals surface area contributed by atoms with E-state index in [0.29, 0.717) is 24.1 Å². The van der Waals surface area contributed by atoms with Gasteiger partial charge >= 0.3 is 0 Å². The molecule has 0 saturated heterocycles. The fourth-order valence-electron chi connectivity index (χ4n) is 3.04. The number of aromatic nitrogens is 1. The van der Waals surface area contributed by atoms with Crippen LogP contribution in [0.15, 0.2) is 42.5 Å². The summed E-state index contributed by atoms with van der Waals surface area (Å²) in [6.45, 7) is 4.59. The average Bonchev–Trinajstić information content (AvgIpc) is 2.94. The zero-order valence-electron chi connectivity index (χ0n) is 15.3. The third kappa shape index (κ3) is 3.61. The molecule has 0 bridgehead atoms. The zero-order chi connectivity index (χ0) is 18.7. The molecule has 0 unspecified atom stereocenters. The Kier molecular flexibility index (Phi) is 5.07. The normalized spacial score (nSPS) is 10.7. The van der Waals surface area contributed by atoms with Crippen LogP contribution in [0.25, 0.3) is 10.9 Å². The first-order chi connectivity index (χ1) is 12.5. The number of amides is 2. The summed E-state index contributed by atoms with van der Waals surface area (Å²) in [6.07, 6.45) is 0.668. The zero-order valence-corrected chi connectivity index (χ0v) is 15.3. The molecule has 3 aromatic rings. The summed E-state index contributed by atoms with van der Waals surface area (Å²) in [6, 6.07) is 13.1. The molecule has 0 radical (unpaired) electrons. The maximum Gasteiger partial charge on any atom is 0.251 e.